The molecule has 21 heavy (non-hydrogen) atoms. The summed E-state index contributed by atoms with van der Waals surface area (Å²) in [5, 5.41) is 5.16. The molecular formula is C14H16N2O4S. The van der Waals surface area contributed by atoms with Crippen LogP contribution in [0.3, 0.4) is 0 Å². The molecule has 1 aliphatic heterocycles. The summed E-state index contributed by atoms with van der Waals surface area (Å²) < 4.78 is 28.7. The molecule has 0 aromatic heterocycles. The van der Waals surface area contributed by atoms with Crippen molar-refractivity contribution in [2.45, 2.75) is 25.2 Å². The zero-order valence-corrected chi connectivity index (χ0v) is 12.6. The molecule has 0 radical (unpaired) electrons. The van der Waals surface area contributed by atoms with E-state index in [1.165, 1.54) is 0 Å². The number of benzene rings is 1. The van der Waals surface area contributed by atoms with E-state index in [0.29, 0.717) is 23.6 Å². The van der Waals surface area contributed by atoms with E-state index in [0.717, 1.165) is 5.41 Å². The van der Waals surface area contributed by atoms with Crippen molar-refractivity contribution in [3.63, 3.8) is 0 Å². The van der Waals surface area contributed by atoms with Gasteiger partial charge in [0.2, 0.25) is 9.84 Å². The molecule has 1 aliphatic rings. The normalized spacial score (nSPS) is 16.1. The van der Waals surface area contributed by atoms with Crippen LogP contribution in [0.4, 0.5) is 0 Å². The van der Waals surface area contributed by atoms with Gasteiger partial charge in [0.25, 0.3) is 0 Å². The zero-order chi connectivity index (χ0) is 15.5. The smallest absolute Gasteiger partial charge is 0.311 e. The van der Waals surface area contributed by atoms with Gasteiger partial charge in [-0.1, -0.05) is 18.2 Å². The lowest BCUT2D eigenvalue weighted by Crippen LogP contribution is -2.12. The predicted octanol–water partition coefficient (Wildman–Crippen LogP) is 1.69. The molecule has 0 atom stereocenters. The highest BCUT2D eigenvalue weighted by Gasteiger charge is 2.26. The summed E-state index contributed by atoms with van der Waals surface area (Å²) in [7, 11) is -3.42. The first-order valence-electron chi connectivity index (χ1n) is 6.45. The summed E-state index contributed by atoms with van der Waals surface area (Å²) in [5.41, 5.74) is 4.18. The minimum atomic E-state index is -3.42. The third kappa shape index (κ3) is 3.49. The van der Waals surface area contributed by atoms with Gasteiger partial charge in [-0.05, 0) is 19.9 Å². The van der Waals surface area contributed by atoms with Crippen LogP contribution in [0.25, 0.3) is 5.70 Å². The van der Waals surface area contributed by atoms with Gasteiger partial charge in [0.05, 0.1) is 29.0 Å². The summed E-state index contributed by atoms with van der Waals surface area (Å²) in [6, 6.07) is 6.67. The summed E-state index contributed by atoms with van der Waals surface area (Å²) >= 11 is 0. The van der Waals surface area contributed by atoms with Crippen molar-refractivity contribution in [3.8, 4) is 0 Å². The molecule has 0 bridgehead atoms. The van der Waals surface area contributed by atoms with Crippen LogP contribution in [-0.4, -0.2) is 26.7 Å². The predicted molar refractivity (Wildman–Crippen MR) is 79.1 cm³/mol. The number of carbonyl (C=O) groups excluding carboxylic acids is 1. The lowest BCUT2D eigenvalue weighted by Gasteiger charge is -2.05. The number of fused-ring (bicyclic) bond motifs is 1. The topological polar surface area (TPSA) is 84.8 Å². The van der Waals surface area contributed by atoms with Crippen molar-refractivity contribution in [1.82, 2.24) is 5.43 Å². The van der Waals surface area contributed by atoms with E-state index in [-0.39, 0.29) is 17.3 Å². The fraction of sp³-hybridized carbons (Fsp3) is 0.286. The zero-order valence-electron chi connectivity index (χ0n) is 11.8. The van der Waals surface area contributed by atoms with Crippen molar-refractivity contribution in [2.75, 3.05) is 6.61 Å². The molecule has 0 saturated carbocycles. The van der Waals surface area contributed by atoms with Crippen molar-refractivity contribution >= 4 is 27.2 Å². The van der Waals surface area contributed by atoms with Gasteiger partial charge >= 0.3 is 5.97 Å². The molecule has 1 N–H and O–H groups in total. The lowest BCUT2D eigenvalue weighted by atomic mass is 10.2. The van der Waals surface area contributed by atoms with Crippen LogP contribution in [0.2, 0.25) is 0 Å². The number of hydrazone groups is 1. The average molecular weight is 308 g/mol. The minimum absolute atomic E-state index is 0.0581. The highest BCUT2D eigenvalue weighted by molar-refractivity contribution is 7.95. The molecule has 112 valence electrons. The molecule has 1 heterocycles. The van der Waals surface area contributed by atoms with Gasteiger partial charge in [-0.2, -0.15) is 5.10 Å². The van der Waals surface area contributed by atoms with Crippen LogP contribution in [0, 0.1) is 0 Å². The second-order valence-corrected chi connectivity index (χ2v) is 6.28. The number of hydrogen-bond acceptors (Lipinski definition) is 6. The number of ether oxygens (including phenoxy) is 1. The van der Waals surface area contributed by atoms with Crippen LogP contribution in [0.15, 0.2) is 39.7 Å². The van der Waals surface area contributed by atoms with Gasteiger partial charge in [0, 0.05) is 11.3 Å². The molecule has 0 fully saturated rings. The van der Waals surface area contributed by atoms with Gasteiger partial charge in [0.1, 0.15) is 0 Å². The number of carbonyl (C=O) groups is 1. The van der Waals surface area contributed by atoms with Crippen molar-refractivity contribution in [2.24, 2.45) is 5.10 Å². The minimum Gasteiger partial charge on any atom is -0.466 e. The Bertz CT molecular complexity index is 720. The molecule has 1 aromatic carbocycles. The van der Waals surface area contributed by atoms with E-state index in [1.54, 1.807) is 38.1 Å². The Hall–Kier alpha value is -2.15. The van der Waals surface area contributed by atoms with Gasteiger partial charge in [0.15, 0.2) is 0 Å². The molecule has 6 nitrogen and oxygen atoms in total. The van der Waals surface area contributed by atoms with Crippen LogP contribution >= 0.6 is 0 Å². The van der Waals surface area contributed by atoms with Gasteiger partial charge in [-0.3, -0.25) is 10.2 Å². The van der Waals surface area contributed by atoms with E-state index >= 15 is 0 Å². The fourth-order valence-corrected chi connectivity index (χ4v) is 3.29. The number of nitrogens with one attached hydrogen (secondary N) is 1. The maximum atomic E-state index is 11.9. The molecule has 2 rings (SSSR count). The summed E-state index contributed by atoms with van der Waals surface area (Å²) in [4.78, 5) is 11.6. The number of hydrogen-bond donors (Lipinski definition) is 1. The number of rotatable bonds is 5. The summed E-state index contributed by atoms with van der Waals surface area (Å²) in [5.74, 6) is -0.367. The Balaban J connectivity index is 2.13. The van der Waals surface area contributed by atoms with Gasteiger partial charge in [-0.15, -0.1) is 0 Å². The van der Waals surface area contributed by atoms with E-state index < -0.39 is 9.84 Å². The van der Waals surface area contributed by atoms with Gasteiger partial charge < -0.3 is 4.74 Å². The van der Waals surface area contributed by atoms with E-state index in [4.69, 9.17) is 4.74 Å². The first-order valence-corrected chi connectivity index (χ1v) is 7.99. The Morgan fingerprint density at radius 1 is 1.33 bits per heavy atom. The molecular weight excluding hydrogens is 292 g/mol. The first kappa shape index (κ1) is 15.2. The molecule has 0 aliphatic carbocycles. The standard InChI is InChI=1S/C14H16N2O4S/c1-3-20-14(17)8-10(2)15-16-12-9-21(18,19)13-7-5-4-6-11(12)13/h4-7,9,16H,3,8H2,1-2H3/b15-10+. The fourth-order valence-electron chi connectivity index (χ4n) is 1.92. The largest absolute Gasteiger partial charge is 0.466 e. The molecule has 0 amide bonds. The SMILES string of the molecule is CCOC(=O)C/C(C)=N/NC1=CS(=O)(=O)c2ccccc21. The maximum Gasteiger partial charge on any atom is 0.311 e. The Morgan fingerprint density at radius 2 is 2.05 bits per heavy atom. The quantitative estimate of drug-likeness (QED) is 0.508. The molecule has 0 unspecified atom stereocenters. The van der Waals surface area contributed by atoms with Gasteiger partial charge in [-0.25, -0.2) is 8.42 Å². The first-order chi connectivity index (χ1) is 9.94. The average Bonchev–Trinajstić information content (AvgIpc) is 2.69. The number of nitrogens with zero attached hydrogens (tertiary/aromatic N) is 1. The summed E-state index contributed by atoms with van der Waals surface area (Å²) in [6.45, 7) is 3.71. The van der Waals surface area contributed by atoms with E-state index in [1.807, 2.05) is 0 Å². The van der Waals surface area contributed by atoms with E-state index in [9.17, 15) is 13.2 Å². The highest BCUT2D eigenvalue weighted by atomic mass is 32.2. The second kappa shape index (κ2) is 6.09. The lowest BCUT2D eigenvalue weighted by molar-refractivity contribution is -0.141. The molecule has 0 spiro atoms. The maximum absolute atomic E-state index is 11.9. The number of esters is 1. The molecule has 0 saturated heterocycles. The van der Waals surface area contributed by atoms with Crippen molar-refractivity contribution < 1.29 is 17.9 Å². The van der Waals surface area contributed by atoms with Crippen LogP contribution in [0.5, 0.6) is 0 Å². The van der Waals surface area contributed by atoms with Crippen molar-refractivity contribution in [3.05, 3.63) is 35.2 Å². The molecule has 1 aromatic rings. The summed E-state index contributed by atoms with van der Waals surface area (Å²) in [6.07, 6.45) is 0.0581. The highest BCUT2D eigenvalue weighted by Crippen LogP contribution is 2.31. The third-order valence-electron chi connectivity index (χ3n) is 2.83. The number of sulfone groups is 1. The Labute approximate surface area is 123 Å². The molecule has 7 heteroatoms. The Kier molecular flexibility index (Phi) is 4.42. The van der Waals surface area contributed by atoms with Crippen LogP contribution in [-0.2, 0) is 19.4 Å². The van der Waals surface area contributed by atoms with Crippen molar-refractivity contribution in [1.29, 1.82) is 0 Å². The Morgan fingerprint density at radius 3 is 2.76 bits per heavy atom. The van der Waals surface area contributed by atoms with Crippen LogP contribution < -0.4 is 5.43 Å². The van der Waals surface area contributed by atoms with Crippen LogP contribution in [0.1, 0.15) is 25.8 Å². The third-order valence-corrected chi connectivity index (χ3v) is 4.34. The van der Waals surface area contributed by atoms with E-state index in [2.05, 4.69) is 10.5 Å². The second-order valence-electron chi connectivity index (χ2n) is 4.51. The monoisotopic (exact) mass is 308 g/mol.